The number of aromatic amines is 1. The van der Waals surface area contributed by atoms with E-state index in [0.29, 0.717) is 11.2 Å². The summed E-state index contributed by atoms with van der Waals surface area (Å²) in [5.74, 6) is -1.34. The van der Waals surface area contributed by atoms with E-state index in [9.17, 15) is 14.4 Å². The normalized spacial score (nSPS) is 13.7. The molecule has 3 N–H and O–H groups in total. The fourth-order valence-electron chi connectivity index (χ4n) is 1.88. The molecule has 0 aromatic carbocycles. The van der Waals surface area contributed by atoms with E-state index >= 15 is 0 Å². The van der Waals surface area contributed by atoms with Gasteiger partial charge in [-0.15, -0.1) is 0 Å². The molecule has 0 unspecified atom stereocenters. The van der Waals surface area contributed by atoms with Crippen molar-refractivity contribution in [3.05, 3.63) is 12.7 Å². The molecule has 2 amide bonds. The molecule has 0 aliphatic carbocycles. The monoisotopic (exact) mass is 362 g/mol. The maximum atomic E-state index is 12.2. The minimum Gasteiger partial charge on any atom is -0.451 e. The Morgan fingerprint density at radius 3 is 2.50 bits per heavy atom. The summed E-state index contributed by atoms with van der Waals surface area (Å²) in [4.78, 5) is 51.0. The van der Waals surface area contributed by atoms with Gasteiger partial charge in [-0.05, 0) is 13.8 Å². The summed E-state index contributed by atoms with van der Waals surface area (Å²) in [6.45, 7) is 8.11. The number of carbonyl (C=O) groups is 3. The third kappa shape index (κ3) is 4.52. The Kier molecular flexibility index (Phi) is 5.53. The highest BCUT2D eigenvalue weighted by Crippen LogP contribution is 2.15. The van der Waals surface area contributed by atoms with Crippen LogP contribution in [0.1, 0.15) is 34.6 Å². The Bertz CT molecular complexity index is 825. The van der Waals surface area contributed by atoms with Crippen LogP contribution < -0.4 is 10.6 Å². The quantitative estimate of drug-likeness (QED) is 0.668. The van der Waals surface area contributed by atoms with E-state index in [0.717, 1.165) is 0 Å². The number of anilines is 1. The van der Waals surface area contributed by atoms with Crippen molar-refractivity contribution in [3.63, 3.8) is 0 Å². The Morgan fingerprint density at radius 1 is 1.15 bits per heavy atom. The first-order chi connectivity index (χ1) is 12.1. The van der Waals surface area contributed by atoms with Gasteiger partial charge in [0.2, 0.25) is 5.91 Å². The summed E-state index contributed by atoms with van der Waals surface area (Å²) in [5, 5.41) is 5.11. The van der Waals surface area contributed by atoms with Crippen LogP contribution in [0, 0.1) is 5.41 Å². The number of rotatable bonds is 5. The minimum atomic E-state index is -1.08. The Balaban J connectivity index is 1.95. The number of nitrogens with one attached hydrogen (secondary N) is 3. The molecule has 0 aliphatic heterocycles. The first kappa shape index (κ1) is 19.3. The first-order valence-electron chi connectivity index (χ1n) is 8.06. The molecule has 2 atom stereocenters. The molecule has 0 fully saturated rings. The molecule has 0 radical (unpaired) electrons. The Labute approximate surface area is 150 Å². The SMILES string of the molecule is C[C@H](NC(=O)C(C)(C)C)C(=O)O[C@H](C)C(=O)Nc1ncnc2nc[nH]c12. The largest absolute Gasteiger partial charge is 0.451 e. The smallest absolute Gasteiger partial charge is 0.329 e. The summed E-state index contributed by atoms with van der Waals surface area (Å²) >= 11 is 0. The predicted molar refractivity (Wildman–Crippen MR) is 92.9 cm³/mol. The van der Waals surface area contributed by atoms with E-state index in [2.05, 4.69) is 30.6 Å². The van der Waals surface area contributed by atoms with E-state index in [1.54, 1.807) is 20.8 Å². The second-order valence-electron chi connectivity index (χ2n) is 6.84. The lowest BCUT2D eigenvalue weighted by atomic mass is 9.95. The summed E-state index contributed by atoms with van der Waals surface area (Å²) in [5.41, 5.74) is 0.226. The molecular formula is C16H22N6O4. The molecule has 0 saturated carbocycles. The van der Waals surface area contributed by atoms with E-state index in [4.69, 9.17) is 4.74 Å². The molecule has 26 heavy (non-hydrogen) atoms. The van der Waals surface area contributed by atoms with Gasteiger partial charge in [0, 0.05) is 5.41 Å². The number of ether oxygens (including phenoxy) is 1. The van der Waals surface area contributed by atoms with Gasteiger partial charge in [0.05, 0.1) is 6.33 Å². The van der Waals surface area contributed by atoms with Crippen LogP contribution in [-0.4, -0.2) is 49.9 Å². The summed E-state index contributed by atoms with van der Waals surface area (Å²) in [6, 6.07) is -0.879. The van der Waals surface area contributed by atoms with Crippen molar-refractivity contribution < 1.29 is 19.1 Å². The number of nitrogens with zero attached hydrogens (tertiary/aromatic N) is 3. The number of hydrogen-bond donors (Lipinski definition) is 3. The van der Waals surface area contributed by atoms with Crippen molar-refractivity contribution in [2.24, 2.45) is 5.41 Å². The molecule has 2 aromatic rings. The highest BCUT2D eigenvalue weighted by Gasteiger charge is 2.28. The van der Waals surface area contributed by atoms with Crippen molar-refractivity contribution in [1.29, 1.82) is 0 Å². The maximum Gasteiger partial charge on any atom is 0.329 e. The van der Waals surface area contributed by atoms with Crippen molar-refractivity contribution >= 4 is 34.8 Å². The molecule has 0 saturated heterocycles. The molecule has 2 aromatic heterocycles. The molecule has 0 bridgehead atoms. The van der Waals surface area contributed by atoms with Gasteiger partial charge in [0.15, 0.2) is 17.6 Å². The van der Waals surface area contributed by atoms with Gasteiger partial charge in [0.25, 0.3) is 5.91 Å². The molecule has 2 heterocycles. The zero-order valence-electron chi connectivity index (χ0n) is 15.3. The highest BCUT2D eigenvalue weighted by molar-refractivity contribution is 5.99. The fourth-order valence-corrected chi connectivity index (χ4v) is 1.88. The zero-order valence-corrected chi connectivity index (χ0v) is 15.3. The lowest BCUT2D eigenvalue weighted by molar-refractivity contribution is -0.156. The van der Waals surface area contributed by atoms with Gasteiger partial charge in [0.1, 0.15) is 17.9 Å². The minimum absolute atomic E-state index is 0.231. The topological polar surface area (TPSA) is 139 Å². The average molecular weight is 362 g/mol. The lowest BCUT2D eigenvalue weighted by Crippen LogP contribution is -2.46. The van der Waals surface area contributed by atoms with Crippen LogP contribution >= 0.6 is 0 Å². The van der Waals surface area contributed by atoms with Gasteiger partial charge in [-0.3, -0.25) is 9.59 Å². The third-order valence-electron chi connectivity index (χ3n) is 3.51. The summed E-state index contributed by atoms with van der Waals surface area (Å²) in [6.07, 6.45) is 1.61. The van der Waals surface area contributed by atoms with E-state index in [1.165, 1.54) is 26.5 Å². The van der Waals surface area contributed by atoms with Gasteiger partial charge in [-0.1, -0.05) is 20.8 Å². The zero-order chi connectivity index (χ0) is 19.5. The number of esters is 1. The number of hydrogen-bond acceptors (Lipinski definition) is 7. The van der Waals surface area contributed by atoms with Crippen molar-refractivity contribution in [3.8, 4) is 0 Å². The van der Waals surface area contributed by atoms with Crippen LogP contribution in [-0.2, 0) is 19.1 Å². The number of carbonyl (C=O) groups excluding carboxylic acids is 3. The van der Waals surface area contributed by atoms with E-state index < -0.39 is 29.4 Å². The van der Waals surface area contributed by atoms with Gasteiger partial charge < -0.3 is 20.4 Å². The number of H-pyrrole nitrogens is 1. The Morgan fingerprint density at radius 2 is 1.85 bits per heavy atom. The van der Waals surface area contributed by atoms with E-state index in [-0.39, 0.29) is 11.7 Å². The molecule has 0 spiro atoms. The standard InChI is InChI=1S/C16H22N6O4/c1-8(21-15(25)16(3,4)5)14(24)26-9(2)13(23)22-12-10-11(18-6-17-10)19-7-20-12/h6-9H,1-5H3,(H,21,25)(H2,17,18,19,20,22,23)/t8-,9+/m0/s1. The van der Waals surface area contributed by atoms with Crippen LogP contribution in [0.3, 0.4) is 0 Å². The Hall–Kier alpha value is -3.04. The number of fused-ring (bicyclic) bond motifs is 1. The van der Waals surface area contributed by atoms with E-state index in [1.807, 2.05) is 0 Å². The van der Waals surface area contributed by atoms with Gasteiger partial charge in [-0.2, -0.15) is 0 Å². The number of aromatic nitrogens is 4. The van der Waals surface area contributed by atoms with Crippen LogP contribution in [0.25, 0.3) is 11.2 Å². The number of imidazole rings is 1. The maximum absolute atomic E-state index is 12.2. The molecular weight excluding hydrogens is 340 g/mol. The van der Waals surface area contributed by atoms with Crippen molar-refractivity contribution in [2.75, 3.05) is 5.32 Å². The molecule has 10 nitrogen and oxygen atoms in total. The van der Waals surface area contributed by atoms with Gasteiger partial charge >= 0.3 is 5.97 Å². The molecule has 140 valence electrons. The third-order valence-corrected chi connectivity index (χ3v) is 3.51. The van der Waals surface area contributed by atoms with Crippen molar-refractivity contribution in [2.45, 2.75) is 46.8 Å². The lowest BCUT2D eigenvalue weighted by Gasteiger charge is -2.22. The first-order valence-corrected chi connectivity index (χ1v) is 8.06. The fraction of sp³-hybridized carbons (Fsp3) is 0.500. The second-order valence-corrected chi connectivity index (χ2v) is 6.84. The predicted octanol–water partition coefficient (Wildman–Crippen LogP) is 0.774. The van der Waals surface area contributed by atoms with Crippen LogP contribution in [0.15, 0.2) is 12.7 Å². The number of amides is 2. The van der Waals surface area contributed by atoms with Crippen LogP contribution in [0.5, 0.6) is 0 Å². The summed E-state index contributed by atoms with van der Waals surface area (Å²) in [7, 11) is 0. The highest BCUT2D eigenvalue weighted by atomic mass is 16.5. The summed E-state index contributed by atoms with van der Waals surface area (Å²) < 4.78 is 5.12. The second kappa shape index (κ2) is 7.46. The van der Waals surface area contributed by atoms with Crippen molar-refractivity contribution in [1.82, 2.24) is 25.3 Å². The molecule has 10 heteroatoms. The van der Waals surface area contributed by atoms with Crippen LogP contribution in [0.2, 0.25) is 0 Å². The molecule has 0 aliphatic rings. The molecule has 2 rings (SSSR count). The van der Waals surface area contributed by atoms with Crippen LogP contribution in [0.4, 0.5) is 5.82 Å². The van der Waals surface area contributed by atoms with Gasteiger partial charge in [-0.25, -0.2) is 19.7 Å². The average Bonchev–Trinajstić information content (AvgIpc) is 3.03.